The van der Waals surface area contributed by atoms with E-state index in [4.69, 9.17) is 10.9 Å². The summed E-state index contributed by atoms with van der Waals surface area (Å²) in [4.78, 5) is 0. The summed E-state index contributed by atoms with van der Waals surface area (Å²) in [5, 5.41) is 17.4. The lowest BCUT2D eigenvalue weighted by Gasteiger charge is -2.08. The van der Waals surface area contributed by atoms with Crippen LogP contribution in [0.5, 0.6) is 0 Å². The third-order valence-corrected chi connectivity index (χ3v) is 3.53. The first-order valence-corrected chi connectivity index (χ1v) is 7.02. The molecule has 0 aliphatic heterocycles. The molecular formula is C9H17N5O3S. The fourth-order valence-electron chi connectivity index (χ4n) is 1.21. The summed E-state index contributed by atoms with van der Waals surface area (Å²) >= 11 is 0. The number of H-pyrrole nitrogens is 1. The Kier molecular flexibility index (Phi) is 4.54. The molecule has 0 unspecified atom stereocenters. The van der Waals surface area contributed by atoms with Gasteiger partial charge < -0.3 is 10.9 Å². The van der Waals surface area contributed by atoms with Gasteiger partial charge in [-0.1, -0.05) is 19.0 Å². The SMILES string of the molecule is CC(C)CCS(=O)(=O)Nc1[nH]ncc1C(N)=NO. The van der Waals surface area contributed by atoms with E-state index in [-0.39, 0.29) is 28.9 Å². The third-order valence-electron chi connectivity index (χ3n) is 2.24. The smallest absolute Gasteiger partial charge is 0.233 e. The van der Waals surface area contributed by atoms with Crippen molar-refractivity contribution < 1.29 is 13.6 Å². The number of aromatic amines is 1. The Bertz CT molecular complexity index is 520. The van der Waals surface area contributed by atoms with E-state index in [2.05, 4.69) is 20.1 Å². The van der Waals surface area contributed by atoms with E-state index >= 15 is 0 Å². The molecule has 18 heavy (non-hydrogen) atoms. The molecule has 0 radical (unpaired) electrons. The standard InChI is InChI=1S/C9H17N5O3S/c1-6(2)3-4-18(16,17)14-9-7(5-11-12-9)8(10)13-15/h5-6,15H,3-4H2,1-2H3,(H2,10,13)(H2,11,12,14). The molecule has 0 saturated heterocycles. The van der Waals surface area contributed by atoms with E-state index in [1.807, 2.05) is 13.8 Å². The quantitative estimate of drug-likeness (QED) is 0.256. The zero-order chi connectivity index (χ0) is 13.8. The lowest BCUT2D eigenvalue weighted by atomic mass is 10.2. The van der Waals surface area contributed by atoms with Crippen LogP contribution in [0.25, 0.3) is 0 Å². The average molecular weight is 275 g/mol. The van der Waals surface area contributed by atoms with Crippen molar-refractivity contribution in [3.63, 3.8) is 0 Å². The number of aromatic nitrogens is 2. The van der Waals surface area contributed by atoms with Gasteiger partial charge in [0.2, 0.25) is 10.0 Å². The van der Waals surface area contributed by atoms with Gasteiger partial charge in [0.05, 0.1) is 17.5 Å². The number of amidine groups is 1. The van der Waals surface area contributed by atoms with Crippen LogP contribution in [0.2, 0.25) is 0 Å². The number of nitrogens with two attached hydrogens (primary N) is 1. The van der Waals surface area contributed by atoms with Crippen LogP contribution in [0.1, 0.15) is 25.8 Å². The van der Waals surface area contributed by atoms with Crippen molar-refractivity contribution in [3.05, 3.63) is 11.8 Å². The van der Waals surface area contributed by atoms with E-state index in [0.29, 0.717) is 6.42 Å². The molecule has 1 heterocycles. The molecule has 8 nitrogen and oxygen atoms in total. The molecule has 0 amide bonds. The van der Waals surface area contributed by atoms with Crippen LogP contribution in [-0.2, 0) is 10.0 Å². The van der Waals surface area contributed by atoms with Crippen LogP contribution in [-0.4, -0.2) is 35.4 Å². The van der Waals surface area contributed by atoms with Gasteiger partial charge in [-0.15, -0.1) is 0 Å². The molecule has 5 N–H and O–H groups in total. The minimum atomic E-state index is -3.48. The van der Waals surface area contributed by atoms with Gasteiger partial charge in [0, 0.05) is 0 Å². The summed E-state index contributed by atoms with van der Waals surface area (Å²) in [5.74, 6) is 0.158. The van der Waals surface area contributed by atoms with Crippen LogP contribution >= 0.6 is 0 Å². The summed E-state index contributed by atoms with van der Waals surface area (Å²) in [6.45, 7) is 3.88. The Hall–Kier alpha value is -1.77. The summed E-state index contributed by atoms with van der Waals surface area (Å²) in [6.07, 6.45) is 1.82. The molecule has 0 aromatic carbocycles. The largest absolute Gasteiger partial charge is 0.409 e. The second-order valence-corrected chi connectivity index (χ2v) is 6.09. The average Bonchev–Trinajstić information content (AvgIpc) is 2.73. The summed E-state index contributed by atoms with van der Waals surface area (Å²) in [5.41, 5.74) is 5.59. The van der Waals surface area contributed by atoms with Crippen molar-refractivity contribution in [2.45, 2.75) is 20.3 Å². The van der Waals surface area contributed by atoms with Gasteiger partial charge in [0.25, 0.3) is 0 Å². The lowest BCUT2D eigenvalue weighted by molar-refractivity contribution is 0.318. The van der Waals surface area contributed by atoms with Gasteiger partial charge in [0.1, 0.15) is 5.82 Å². The Balaban J connectivity index is 2.82. The van der Waals surface area contributed by atoms with Gasteiger partial charge >= 0.3 is 0 Å². The molecule has 0 aliphatic carbocycles. The zero-order valence-corrected chi connectivity index (χ0v) is 11.0. The highest BCUT2D eigenvalue weighted by Crippen LogP contribution is 2.13. The Morgan fingerprint density at radius 1 is 1.67 bits per heavy atom. The molecule has 1 aromatic rings. The van der Waals surface area contributed by atoms with Gasteiger partial charge in [-0.2, -0.15) is 5.10 Å². The van der Waals surface area contributed by atoms with Gasteiger partial charge in [0.15, 0.2) is 5.84 Å². The molecule has 0 bridgehead atoms. The van der Waals surface area contributed by atoms with E-state index < -0.39 is 10.0 Å². The maximum atomic E-state index is 11.8. The highest BCUT2D eigenvalue weighted by atomic mass is 32.2. The predicted octanol–water partition coefficient (Wildman–Crippen LogP) is 0.292. The number of oxime groups is 1. The maximum absolute atomic E-state index is 11.8. The molecule has 102 valence electrons. The minimum Gasteiger partial charge on any atom is -0.409 e. The number of nitrogens with zero attached hydrogens (tertiary/aromatic N) is 2. The van der Waals surface area contributed by atoms with Gasteiger partial charge in [-0.3, -0.25) is 9.82 Å². The second kappa shape index (κ2) is 5.71. The number of sulfonamides is 1. The fourth-order valence-corrected chi connectivity index (χ4v) is 2.56. The Morgan fingerprint density at radius 2 is 2.33 bits per heavy atom. The monoisotopic (exact) mass is 275 g/mol. The minimum absolute atomic E-state index is 0.000695. The molecule has 0 spiro atoms. The van der Waals surface area contributed by atoms with Crippen molar-refractivity contribution in [2.24, 2.45) is 16.8 Å². The highest BCUT2D eigenvalue weighted by molar-refractivity contribution is 7.92. The van der Waals surface area contributed by atoms with Crippen molar-refractivity contribution in [3.8, 4) is 0 Å². The summed E-state index contributed by atoms with van der Waals surface area (Å²) in [7, 11) is -3.48. The van der Waals surface area contributed by atoms with Crippen LogP contribution in [0.4, 0.5) is 5.82 Å². The van der Waals surface area contributed by atoms with Crippen molar-refractivity contribution in [1.82, 2.24) is 10.2 Å². The first-order chi connectivity index (χ1) is 8.35. The van der Waals surface area contributed by atoms with Gasteiger partial charge in [-0.05, 0) is 12.3 Å². The molecule has 1 aromatic heterocycles. The van der Waals surface area contributed by atoms with E-state index in [9.17, 15) is 8.42 Å². The molecule has 0 aliphatic rings. The third kappa shape index (κ3) is 3.91. The zero-order valence-electron chi connectivity index (χ0n) is 10.2. The molecule has 0 atom stereocenters. The lowest BCUT2D eigenvalue weighted by Crippen LogP contribution is -2.21. The number of hydrogen-bond acceptors (Lipinski definition) is 5. The first-order valence-electron chi connectivity index (χ1n) is 5.37. The van der Waals surface area contributed by atoms with Crippen LogP contribution in [0.15, 0.2) is 11.4 Å². The number of nitrogens with one attached hydrogen (secondary N) is 2. The topological polar surface area (TPSA) is 133 Å². The number of rotatable bonds is 6. The Morgan fingerprint density at radius 3 is 2.89 bits per heavy atom. The summed E-state index contributed by atoms with van der Waals surface area (Å²) < 4.78 is 25.8. The molecular weight excluding hydrogens is 258 g/mol. The molecule has 0 saturated carbocycles. The Labute approximate surface area is 105 Å². The van der Waals surface area contributed by atoms with Crippen molar-refractivity contribution in [1.29, 1.82) is 0 Å². The number of hydrogen-bond donors (Lipinski definition) is 4. The maximum Gasteiger partial charge on any atom is 0.233 e. The second-order valence-electron chi connectivity index (χ2n) is 4.25. The van der Waals surface area contributed by atoms with E-state index in [1.165, 1.54) is 6.20 Å². The van der Waals surface area contributed by atoms with Crippen LogP contribution in [0, 0.1) is 5.92 Å². The molecule has 1 rings (SSSR count). The molecule has 0 fully saturated rings. The predicted molar refractivity (Wildman–Crippen MR) is 68.0 cm³/mol. The highest BCUT2D eigenvalue weighted by Gasteiger charge is 2.17. The summed E-state index contributed by atoms with van der Waals surface area (Å²) in [6, 6.07) is 0. The van der Waals surface area contributed by atoms with Crippen LogP contribution < -0.4 is 10.5 Å². The number of anilines is 1. The van der Waals surface area contributed by atoms with E-state index in [0.717, 1.165) is 0 Å². The van der Waals surface area contributed by atoms with Gasteiger partial charge in [-0.25, -0.2) is 8.42 Å². The van der Waals surface area contributed by atoms with Crippen molar-refractivity contribution >= 4 is 21.7 Å². The van der Waals surface area contributed by atoms with Crippen LogP contribution in [0.3, 0.4) is 0 Å². The van der Waals surface area contributed by atoms with E-state index in [1.54, 1.807) is 0 Å². The first kappa shape index (κ1) is 14.3. The fraction of sp³-hybridized carbons (Fsp3) is 0.556. The molecule has 9 heteroatoms. The normalized spacial score (nSPS) is 12.9. The van der Waals surface area contributed by atoms with Crippen molar-refractivity contribution in [2.75, 3.05) is 10.5 Å².